The molecule has 1 N–H and O–H groups in total. The molecule has 0 fully saturated rings. The van der Waals surface area contributed by atoms with Crippen molar-refractivity contribution in [3.8, 4) is 0 Å². The molecular weight excluding hydrogens is 264 g/mol. The highest BCUT2D eigenvalue weighted by Gasteiger charge is 2.18. The number of furan rings is 1. The Morgan fingerprint density at radius 2 is 2.24 bits per heavy atom. The van der Waals surface area contributed by atoms with Gasteiger partial charge in [-0.1, -0.05) is 13.8 Å². The Morgan fingerprint density at radius 1 is 1.38 bits per heavy atom. The van der Waals surface area contributed by atoms with Gasteiger partial charge in [0.2, 0.25) is 0 Å². The van der Waals surface area contributed by atoms with E-state index in [1.165, 1.54) is 5.56 Å². The fourth-order valence-electron chi connectivity index (χ4n) is 2.72. The van der Waals surface area contributed by atoms with E-state index in [4.69, 9.17) is 4.42 Å². The van der Waals surface area contributed by atoms with E-state index >= 15 is 0 Å². The minimum absolute atomic E-state index is 0.471. The van der Waals surface area contributed by atoms with Crippen LogP contribution in [-0.4, -0.2) is 27.0 Å². The van der Waals surface area contributed by atoms with Gasteiger partial charge in [0.05, 0.1) is 19.6 Å². The van der Waals surface area contributed by atoms with Gasteiger partial charge in [0.1, 0.15) is 17.3 Å². The summed E-state index contributed by atoms with van der Waals surface area (Å²) in [6.45, 7) is 11.0. The second-order valence-corrected chi connectivity index (χ2v) is 6.10. The Morgan fingerprint density at radius 3 is 3.05 bits per heavy atom. The van der Waals surface area contributed by atoms with Crippen LogP contribution in [0.1, 0.15) is 36.8 Å². The average Bonchev–Trinajstić information content (AvgIpc) is 3.02. The second-order valence-electron chi connectivity index (χ2n) is 6.10. The summed E-state index contributed by atoms with van der Waals surface area (Å²) < 4.78 is 8.23. The number of aromatic nitrogens is 2. The highest BCUT2D eigenvalue weighted by atomic mass is 16.3. The lowest BCUT2D eigenvalue weighted by atomic mass is 10.2. The maximum absolute atomic E-state index is 6.01. The van der Waals surface area contributed by atoms with Crippen molar-refractivity contribution in [3.63, 3.8) is 0 Å². The fourth-order valence-corrected chi connectivity index (χ4v) is 2.72. The Kier molecular flexibility index (Phi) is 4.12. The monoisotopic (exact) mass is 288 g/mol. The van der Waals surface area contributed by atoms with E-state index in [1.807, 2.05) is 6.20 Å². The summed E-state index contributed by atoms with van der Waals surface area (Å²) in [5.41, 5.74) is 1.23. The van der Waals surface area contributed by atoms with Crippen molar-refractivity contribution in [1.82, 2.24) is 19.8 Å². The lowest BCUT2D eigenvalue weighted by Gasteiger charge is -2.26. The molecule has 0 saturated heterocycles. The lowest BCUT2D eigenvalue weighted by Crippen LogP contribution is -2.33. The minimum atomic E-state index is 0.471. The molecule has 1 aliphatic rings. The Bertz CT molecular complexity index is 599. The number of fused-ring (bicyclic) bond motifs is 1. The SMILES string of the molecule is Cc1cc(CN2CCn3ccnc3C2)oc1CNC(C)C. The van der Waals surface area contributed by atoms with Crippen LogP contribution in [-0.2, 0) is 26.2 Å². The summed E-state index contributed by atoms with van der Waals surface area (Å²) in [6, 6.07) is 2.64. The summed E-state index contributed by atoms with van der Waals surface area (Å²) in [7, 11) is 0. The van der Waals surface area contributed by atoms with Crippen LogP contribution < -0.4 is 5.32 Å². The molecule has 0 spiro atoms. The Labute approximate surface area is 126 Å². The highest BCUT2D eigenvalue weighted by molar-refractivity contribution is 5.20. The van der Waals surface area contributed by atoms with E-state index in [9.17, 15) is 0 Å². The molecule has 3 heterocycles. The predicted octanol–water partition coefficient (Wildman–Crippen LogP) is 2.30. The third kappa shape index (κ3) is 3.36. The number of nitrogens with one attached hydrogen (secondary N) is 1. The molecule has 3 rings (SSSR count). The number of rotatable bonds is 5. The van der Waals surface area contributed by atoms with Gasteiger partial charge in [0.15, 0.2) is 0 Å². The van der Waals surface area contributed by atoms with Gasteiger partial charge in [-0.15, -0.1) is 0 Å². The second kappa shape index (κ2) is 6.03. The largest absolute Gasteiger partial charge is 0.463 e. The molecule has 0 amide bonds. The minimum Gasteiger partial charge on any atom is -0.463 e. The Balaban J connectivity index is 1.62. The molecule has 2 aromatic rings. The van der Waals surface area contributed by atoms with E-state index in [-0.39, 0.29) is 0 Å². The number of hydrogen-bond acceptors (Lipinski definition) is 4. The van der Waals surface area contributed by atoms with Crippen molar-refractivity contribution < 1.29 is 4.42 Å². The first-order chi connectivity index (χ1) is 10.1. The summed E-state index contributed by atoms with van der Waals surface area (Å²) >= 11 is 0. The smallest absolute Gasteiger partial charge is 0.122 e. The number of hydrogen-bond donors (Lipinski definition) is 1. The molecule has 0 bridgehead atoms. The number of aryl methyl sites for hydroxylation is 1. The molecule has 0 saturated carbocycles. The molecule has 5 heteroatoms. The molecule has 21 heavy (non-hydrogen) atoms. The topological polar surface area (TPSA) is 46.2 Å². The Hall–Kier alpha value is -1.59. The highest BCUT2D eigenvalue weighted by Crippen LogP contribution is 2.19. The van der Waals surface area contributed by atoms with Crippen LogP contribution in [0.3, 0.4) is 0 Å². The first-order valence-corrected chi connectivity index (χ1v) is 7.66. The van der Waals surface area contributed by atoms with E-state index < -0.39 is 0 Å². The van der Waals surface area contributed by atoms with Crippen molar-refractivity contribution in [2.45, 2.75) is 53.0 Å². The average molecular weight is 288 g/mol. The van der Waals surface area contributed by atoms with Crippen LogP contribution in [0.25, 0.3) is 0 Å². The van der Waals surface area contributed by atoms with Gasteiger partial charge in [0.25, 0.3) is 0 Å². The van der Waals surface area contributed by atoms with Gasteiger partial charge in [-0.25, -0.2) is 4.98 Å². The van der Waals surface area contributed by atoms with Crippen molar-refractivity contribution in [2.24, 2.45) is 0 Å². The lowest BCUT2D eigenvalue weighted by molar-refractivity contribution is 0.192. The van der Waals surface area contributed by atoms with Crippen molar-refractivity contribution in [1.29, 1.82) is 0 Å². The summed E-state index contributed by atoms with van der Waals surface area (Å²) in [6.07, 6.45) is 3.94. The zero-order chi connectivity index (χ0) is 14.8. The fraction of sp³-hybridized carbons (Fsp3) is 0.562. The summed E-state index contributed by atoms with van der Waals surface area (Å²) in [5.74, 6) is 3.25. The van der Waals surface area contributed by atoms with Gasteiger partial charge in [-0.2, -0.15) is 0 Å². The van der Waals surface area contributed by atoms with Gasteiger partial charge < -0.3 is 14.3 Å². The quantitative estimate of drug-likeness (QED) is 0.917. The summed E-state index contributed by atoms with van der Waals surface area (Å²) in [4.78, 5) is 6.79. The molecule has 2 aromatic heterocycles. The maximum atomic E-state index is 6.01. The third-order valence-corrected chi connectivity index (χ3v) is 3.95. The molecule has 1 aliphatic heterocycles. The van der Waals surface area contributed by atoms with Crippen LogP contribution in [0.2, 0.25) is 0 Å². The molecule has 0 aromatic carbocycles. The van der Waals surface area contributed by atoms with Gasteiger partial charge >= 0.3 is 0 Å². The third-order valence-electron chi connectivity index (χ3n) is 3.95. The van der Waals surface area contributed by atoms with E-state index in [1.54, 1.807) is 0 Å². The molecule has 0 aliphatic carbocycles. The number of imidazole rings is 1. The molecular formula is C16H24N4O. The van der Waals surface area contributed by atoms with E-state index in [0.29, 0.717) is 6.04 Å². The van der Waals surface area contributed by atoms with Crippen molar-refractivity contribution in [2.75, 3.05) is 6.54 Å². The van der Waals surface area contributed by atoms with Crippen LogP contribution in [0.5, 0.6) is 0 Å². The predicted molar refractivity (Wildman–Crippen MR) is 81.8 cm³/mol. The van der Waals surface area contributed by atoms with Crippen LogP contribution in [0.4, 0.5) is 0 Å². The van der Waals surface area contributed by atoms with Crippen LogP contribution in [0, 0.1) is 6.92 Å². The maximum Gasteiger partial charge on any atom is 0.122 e. The molecule has 0 radical (unpaired) electrons. The van der Waals surface area contributed by atoms with Crippen molar-refractivity contribution in [3.05, 3.63) is 41.4 Å². The van der Waals surface area contributed by atoms with E-state index in [2.05, 4.69) is 52.8 Å². The zero-order valence-corrected chi connectivity index (χ0v) is 13.1. The molecule has 5 nitrogen and oxygen atoms in total. The van der Waals surface area contributed by atoms with E-state index in [0.717, 1.165) is 50.1 Å². The summed E-state index contributed by atoms with van der Waals surface area (Å²) in [5, 5.41) is 3.41. The van der Waals surface area contributed by atoms with Crippen LogP contribution >= 0.6 is 0 Å². The van der Waals surface area contributed by atoms with Crippen LogP contribution in [0.15, 0.2) is 22.9 Å². The first-order valence-electron chi connectivity index (χ1n) is 7.66. The molecule has 0 atom stereocenters. The standard InChI is InChI=1S/C16H24N4O/c1-12(2)18-9-15-13(3)8-14(21-15)10-19-6-7-20-5-4-17-16(20)11-19/h4-5,8,12,18H,6-7,9-11H2,1-3H3. The van der Waals surface area contributed by atoms with Gasteiger partial charge in [-0.3, -0.25) is 4.90 Å². The molecule has 0 unspecified atom stereocenters. The zero-order valence-electron chi connectivity index (χ0n) is 13.1. The van der Waals surface area contributed by atoms with Gasteiger partial charge in [0, 0.05) is 31.5 Å². The first kappa shape index (κ1) is 14.4. The normalized spacial score (nSPS) is 15.6. The molecule has 114 valence electrons. The number of nitrogens with zero attached hydrogens (tertiary/aromatic N) is 3. The van der Waals surface area contributed by atoms with Crippen molar-refractivity contribution >= 4 is 0 Å². The van der Waals surface area contributed by atoms with Gasteiger partial charge in [-0.05, 0) is 18.6 Å².